The summed E-state index contributed by atoms with van der Waals surface area (Å²) in [4.78, 5) is 32.4. The lowest BCUT2D eigenvalue weighted by Crippen LogP contribution is -2.30. The normalized spacial score (nSPS) is 13.8. The van der Waals surface area contributed by atoms with E-state index in [1.54, 1.807) is 27.7 Å². The van der Waals surface area contributed by atoms with Gasteiger partial charge in [0.25, 0.3) is 11.5 Å². The molecule has 2 heterocycles. The van der Waals surface area contributed by atoms with E-state index in [1.807, 2.05) is 37.3 Å². The van der Waals surface area contributed by atoms with Crippen molar-refractivity contribution in [1.82, 2.24) is 9.55 Å². The Morgan fingerprint density at radius 2 is 1.93 bits per heavy atom. The van der Waals surface area contributed by atoms with Gasteiger partial charge in [-0.05, 0) is 50.1 Å². The fraction of sp³-hybridized carbons (Fsp3) is 0.318. The van der Waals surface area contributed by atoms with E-state index in [9.17, 15) is 9.59 Å². The third-order valence-electron chi connectivity index (χ3n) is 5.19. The molecule has 5 heteroatoms. The lowest BCUT2D eigenvalue weighted by atomic mass is 10.1. The van der Waals surface area contributed by atoms with Crippen molar-refractivity contribution in [3.8, 4) is 0 Å². The number of anilines is 1. The van der Waals surface area contributed by atoms with Crippen LogP contribution in [-0.4, -0.2) is 22.0 Å². The number of amides is 1. The Bertz CT molecular complexity index is 1040. The third-order valence-corrected chi connectivity index (χ3v) is 5.19. The molecule has 0 saturated heterocycles. The molecular weight excluding hydrogens is 338 g/mol. The molecule has 3 aromatic rings. The number of aromatic nitrogens is 2. The molecule has 0 saturated carbocycles. The SMILES string of the molecule is CCN(C(=O)c1ccc2c(=O)n3c(nc2c1)CCCCC3)c1ccccc1. The van der Waals surface area contributed by atoms with Gasteiger partial charge in [-0.1, -0.05) is 24.6 Å². The molecule has 1 aliphatic heterocycles. The number of para-hydroxylation sites is 1. The lowest BCUT2D eigenvalue weighted by Gasteiger charge is -2.21. The summed E-state index contributed by atoms with van der Waals surface area (Å²) in [7, 11) is 0. The summed E-state index contributed by atoms with van der Waals surface area (Å²) >= 11 is 0. The van der Waals surface area contributed by atoms with Crippen LogP contribution in [0.1, 0.15) is 42.4 Å². The topological polar surface area (TPSA) is 55.2 Å². The van der Waals surface area contributed by atoms with Crippen molar-refractivity contribution in [3.63, 3.8) is 0 Å². The van der Waals surface area contributed by atoms with Crippen molar-refractivity contribution in [2.45, 2.75) is 39.2 Å². The highest BCUT2D eigenvalue weighted by atomic mass is 16.2. The molecule has 5 nitrogen and oxygen atoms in total. The minimum Gasteiger partial charge on any atom is -0.309 e. The van der Waals surface area contributed by atoms with E-state index in [2.05, 4.69) is 0 Å². The number of carbonyl (C=O) groups excluding carboxylic acids is 1. The van der Waals surface area contributed by atoms with Crippen molar-refractivity contribution in [2.75, 3.05) is 11.4 Å². The fourth-order valence-electron chi connectivity index (χ4n) is 3.76. The van der Waals surface area contributed by atoms with Crippen LogP contribution in [0.15, 0.2) is 53.3 Å². The minimum atomic E-state index is -0.0811. The summed E-state index contributed by atoms with van der Waals surface area (Å²) in [5.41, 5.74) is 2.04. The highest BCUT2D eigenvalue weighted by Gasteiger charge is 2.19. The molecule has 0 unspecified atom stereocenters. The van der Waals surface area contributed by atoms with Gasteiger partial charge in [-0.25, -0.2) is 4.98 Å². The van der Waals surface area contributed by atoms with E-state index in [0.717, 1.165) is 43.7 Å². The molecule has 0 aliphatic carbocycles. The average Bonchev–Trinajstić information content (AvgIpc) is 2.95. The van der Waals surface area contributed by atoms with Crippen molar-refractivity contribution in [2.24, 2.45) is 0 Å². The quantitative estimate of drug-likeness (QED) is 0.713. The molecule has 27 heavy (non-hydrogen) atoms. The van der Waals surface area contributed by atoms with E-state index in [-0.39, 0.29) is 11.5 Å². The second-order valence-electron chi connectivity index (χ2n) is 6.91. The van der Waals surface area contributed by atoms with Gasteiger partial charge < -0.3 is 4.90 Å². The Morgan fingerprint density at radius 3 is 2.70 bits per heavy atom. The van der Waals surface area contributed by atoms with Crippen molar-refractivity contribution >= 4 is 22.5 Å². The number of aryl methyl sites for hydroxylation is 1. The van der Waals surface area contributed by atoms with Crippen molar-refractivity contribution in [1.29, 1.82) is 0 Å². The monoisotopic (exact) mass is 361 g/mol. The molecule has 1 aliphatic rings. The van der Waals surface area contributed by atoms with Crippen LogP contribution in [0.3, 0.4) is 0 Å². The summed E-state index contributed by atoms with van der Waals surface area (Å²) in [6.07, 6.45) is 3.99. The molecule has 4 rings (SSSR count). The third kappa shape index (κ3) is 3.25. The van der Waals surface area contributed by atoms with E-state index >= 15 is 0 Å². The largest absolute Gasteiger partial charge is 0.309 e. The minimum absolute atomic E-state index is 0.00584. The first-order chi connectivity index (χ1) is 13.2. The molecule has 0 fully saturated rings. The Morgan fingerprint density at radius 1 is 1.11 bits per heavy atom. The molecule has 0 spiro atoms. The van der Waals surface area contributed by atoms with Gasteiger partial charge in [0.05, 0.1) is 10.9 Å². The maximum absolute atomic E-state index is 13.1. The second kappa shape index (κ2) is 7.35. The molecular formula is C22H23N3O2. The van der Waals surface area contributed by atoms with Gasteiger partial charge in [0.15, 0.2) is 0 Å². The van der Waals surface area contributed by atoms with Crippen LogP contribution in [-0.2, 0) is 13.0 Å². The number of fused-ring (bicyclic) bond motifs is 2. The fourth-order valence-corrected chi connectivity index (χ4v) is 3.76. The predicted octanol–water partition coefficient (Wildman–Crippen LogP) is 3.79. The van der Waals surface area contributed by atoms with Crippen molar-refractivity contribution in [3.05, 3.63) is 70.3 Å². The molecule has 0 radical (unpaired) electrons. The Kier molecular flexibility index (Phi) is 4.75. The van der Waals surface area contributed by atoms with Gasteiger partial charge >= 0.3 is 0 Å². The number of hydrogen-bond acceptors (Lipinski definition) is 3. The van der Waals surface area contributed by atoms with Crippen molar-refractivity contribution < 1.29 is 4.79 Å². The maximum atomic E-state index is 13.1. The van der Waals surface area contributed by atoms with Crippen LogP contribution >= 0.6 is 0 Å². The van der Waals surface area contributed by atoms with E-state index in [0.29, 0.717) is 23.0 Å². The van der Waals surface area contributed by atoms with E-state index in [1.165, 1.54) is 0 Å². The van der Waals surface area contributed by atoms with Gasteiger partial charge in [-0.2, -0.15) is 0 Å². The summed E-state index contributed by atoms with van der Waals surface area (Å²) in [5, 5.41) is 0.583. The lowest BCUT2D eigenvalue weighted by molar-refractivity contribution is 0.0988. The average molecular weight is 361 g/mol. The van der Waals surface area contributed by atoms with Gasteiger partial charge in [-0.15, -0.1) is 0 Å². The number of rotatable bonds is 3. The smallest absolute Gasteiger partial charge is 0.261 e. The standard InChI is InChI=1S/C22H23N3O2/c1-2-24(17-9-5-3-6-10-17)21(26)16-12-13-18-19(15-16)23-20-11-7-4-8-14-25(20)22(18)27/h3,5-6,9-10,12-13,15H,2,4,7-8,11,14H2,1H3. The summed E-state index contributed by atoms with van der Waals surface area (Å²) in [6.45, 7) is 3.26. The number of benzene rings is 2. The van der Waals surface area contributed by atoms with Gasteiger partial charge in [0.1, 0.15) is 5.82 Å². The molecule has 0 bridgehead atoms. The number of nitrogens with zero attached hydrogens (tertiary/aromatic N) is 3. The zero-order valence-corrected chi connectivity index (χ0v) is 15.5. The Hall–Kier alpha value is -2.95. The Balaban J connectivity index is 1.77. The Labute approximate surface area is 158 Å². The van der Waals surface area contributed by atoms with Gasteiger partial charge in [0, 0.05) is 30.8 Å². The molecule has 0 atom stereocenters. The molecule has 2 aromatic carbocycles. The zero-order chi connectivity index (χ0) is 18.8. The molecule has 1 amide bonds. The van der Waals surface area contributed by atoms with E-state index < -0.39 is 0 Å². The summed E-state index contributed by atoms with van der Waals surface area (Å²) in [6, 6.07) is 14.9. The first-order valence-corrected chi connectivity index (χ1v) is 9.59. The molecule has 1 aromatic heterocycles. The van der Waals surface area contributed by atoms with Crippen LogP contribution in [0, 0.1) is 0 Å². The van der Waals surface area contributed by atoms with Crippen LogP contribution < -0.4 is 10.5 Å². The summed E-state index contributed by atoms with van der Waals surface area (Å²) in [5.74, 6) is 0.757. The van der Waals surface area contributed by atoms with Gasteiger partial charge in [0.2, 0.25) is 0 Å². The van der Waals surface area contributed by atoms with Gasteiger partial charge in [-0.3, -0.25) is 14.2 Å². The van der Waals surface area contributed by atoms with Crippen LogP contribution in [0.25, 0.3) is 10.9 Å². The molecule has 0 N–H and O–H groups in total. The number of hydrogen-bond donors (Lipinski definition) is 0. The maximum Gasteiger partial charge on any atom is 0.261 e. The van der Waals surface area contributed by atoms with Crippen LogP contribution in [0.4, 0.5) is 5.69 Å². The summed E-state index contributed by atoms with van der Waals surface area (Å²) < 4.78 is 1.80. The predicted molar refractivity (Wildman–Crippen MR) is 107 cm³/mol. The first kappa shape index (κ1) is 17.5. The molecule has 138 valence electrons. The van der Waals surface area contributed by atoms with E-state index in [4.69, 9.17) is 4.98 Å². The van der Waals surface area contributed by atoms with Crippen LogP contribution in [0.2, 0.25) is 0 Å². The second-order valence-corrected chi connectivity index (χ2v) is 6.91. The highest BCUT2D eigenvalue weighted by Crippen LogP contribution is 2.20. The number of carbonyl (C=O) groups is 1. The highest BCUT2D eigenvalue weighted by molar-refractivity contribution is 6.07. The first-order valence-electron chi connectivity index (χ1n) is 9.59. The zero-order valence-electron chi connectivity index (χ0n) is 15.5. The van der Waals surface area contributed by atoms with Crippen LogP contribution in [0.5, 0.6) is 0 Å².